The Morgan fingerprint density at radius 3 is 2.58 bits per heavy atom. The molecule has 0 aliphatic rings. The average Bonchev–Trinajstić information content (AvgIpc) is 2.05. The lowest BCUT2D eigenvalue weighted by Crippen LogP contribution is -2.20. The molecular weight excluding hydrogens is 180 g/mol. The SMILES string of the molecule is CS/C(=N\N)N/N=C(\C)C(=O)O. The van der Waals surface area contributed by atoms with Gasteiger partial charge in [0, 0.05) is 0 Å². The Morgan fingerprint density at radius 1 is 1.67 bits per heavy atom. The molecule has 4 N–H and O–H groups in total. The topological polar surface area (TPSA) is 100 Å². The summed E-state index contributed by atoms with van der Waals surface area (Å²) in [5, 5.41) is 15.6. The first kappa shape index (κ1) is 10.8. The highest BCUT2D eigenvalue weighted by molar-refractivity contribution is 8.13. The molecule has 0 aromatic rings. The number of carboxylic acid groups (broad SMARTS) is 1. The van der Waals surface area contributed by atoms with Crippen LogP contribution >= 0.6 is 11.8 Å². The van der Waals surface area contributed by atoms with Gasteiger partial charge in [-0.1, -0.05) is 11.8 Å². The van der Waals surface area contributed by atoms with Gasteiger partial charge in [0.2, 0.25) is 0 Å². The van der Waals surface area contributed by atoms with E-state index in [1.807, 2.05) is 0 Å². The van der Waals surface area contributed by atoms with Gasteiger partial charge in [-0.2, -0.15) is 10.2 Å². The minimum absolute atomic E-state index is 0.0507. The maximum Gasteiger partial charge on any atom is 0.351 e. The highest BCUT2D eigenvalue weighted by Crippen LogP contribution is 1.91. The van der Waals surface area contributed by atoms with E-state index in [1.54, 1.807) is 6.26 Å². The van der Waals surface area contributed by atoms with Crippen molar-refractivity contribution in [2.75, 3.05) is 6.26 Å². The number of aliphatic carboxylic acids is 1. The van der Waals surface area contributed by atoms with Crippen LogP contribution in [0.2, 0.25) is 0 Å². The lowest BCUT2D eigenvalue weighted by atomic mass is 10.4. The zero-order valence-corrected chi connectivity index (χ0v) is 7.55. The lowest BCUT2D eigenvalue weighted by molar-refractivity contribution is -0.129. The van der Waals surface area contributed by atoms with Crippen LogP contribution < -0.4 is 11.3 Å². The number of nitrogens with zero attached hydrogens (tertiary/aromatic N) is 2. The van der Waals surface area contributed by atoms with Crippen LogP contribution in [0.3, 0.4) is 0 Å². The number of nitrogens with two attached hydrogens (primary N) is 1. The third-order valence-electron chi connectivity index (χ3n) is 0.939. The number of hydrazone groups is 2. The molecule has 0 rings (SSSR count). The number of carbonyl (C=O) groups is 1. The van der Waals surface area contributed by atoms with Crippen LogP contribution in [-0.4, -0.2) is 28.2 Å². The van der Waals surface area contributed by atoms with E-state index < -0.39 is 5.97 Å². The molecule has 0 unspecified atom stereocenters. The molecule has 7 heteroatoms. The molecule has 68 valence electrons. The quantitative estimate of drug-likeness (QED) is 0.239. The van der Waals surface area contributed by atoms with E-state index in [4.69, 9.17) is 10.9 Å². The number of hydrogen-bond donors (Lipinski definition) is 3. The predicted octanol–water partition coefficient (Wildman–Crippen LogP) is -0.371. The van der Waals surface area contributed by atoms with Gasteiger partial charge in [-0.15, -0.1) is 0 Å². The Hall–Kier alpha value is -1.24. The van der Waals surface area contributed by atoms with Gasteiger partial charge in [0.05, 0.1) is 0 Å². The fourth-order valence-electron chi connectivity index (χ4n) is 0.307. The van der Waals surface area contributed by atoms with Crippen molar-refractivity contribution in [3.05, 3.63) is 0 Å². The Bertz CT molecular complexity index is 225. The fraction of sp³-hybridized carbons (Fsp3) is 0.400. The molecule has 0 saturated carbocycles. The lowest BCUT2D eigenvalue weighted by Gasteiger charge is -1.99. The zero-order chi connectivity index (χ0) is 9.56. The van der Waals surface area contributed by atoms with Crippen molar-refractivity contribution in [3.8, 4) is 0 Å². The number of hydrogen-bond acceptors (Lipinski definition) is 5. The Balaban J connectivity index is 4.12. The molecule has 0 fully saturated rings. The van der Waals surface area contributed by atoms with E-state index in [-0.39, 0.29) is 5.71 Å². The van der Waals surface area contributed by atoms with Gasteiger partial charge in [0.15, 0.2) is 5.17 Å². The van der Waals surface area contributed by atoms with Crippen molar-refractivity contribution in [2.24, 2.45) is 16.0 Å². The number of carboxylic acids is 1. The highest BCUT2D eigenvalue weighted by atomic mass is 32.2. The molecule has 0 spiro atoms. The minimum atomic E-state index is -1.08. The zero-order valence-electron chi connectivity index (χ0n) is 6.74. The molecule has 0 saturated heterocycles. The number of amidine groups is 1. The van der Waals surface area contributed by atoms with Gasteiger partial charge in [0.25, 0.3) is 0 Å². The third-order valence-corrected chi connectivity index (χ3v) is 1.52. The second kappa shape index (κ2) is 5.42. The van der Waals surface area contributed by atoms with E-state index in [0.717, 1.165) is 0 Å². The molecule has 0 amide bonds. The molecular formula is C5H10N4O2S. The van der Waals surface area contributed by atoms with Crippen LogP contribution in [0.4, 0.5) is 0 Å². The summed E-state index contributed by atoms with van der Waals surface area (Å²) in [6.07, 6.45) is 1.74. The Kier molecular flexibility index (Phi) is 4.86. The first-order valence-electron chi connectivity index (χ1n) is 2.97. The summed E-state index contributed by atoms with van der Waals surface area (Å²) in [4.78, 5) is 10.2. The fourth-order valence-corrected chi connectivity index (χ4v) is 0.549. The van der Waals surface area contributed by atoms with Gasteiger partial charge in [-0.25, -0.2) is 4.79 Å². The maximum absolute atomic E-state index is 10.2. The maximum atomic E-state index is 10.2. The first-order chi connectivity index (χ1) is 5.61. The molecule has 0 atom stereocenters. The van der Waals surface area contributed by atoms with E-state index in [1.165, 1.54) is 18.7 Å². The second-order valence-corrected chi connectivity index (χ2v) is 2.55. The second-order valence-electron chi connectivity index (χ2n) is 1.75. The van der Waals surface area contributed by atoms with Crippen molar-refractivity contribution >= 4 is 28.6 Å². The Morgan fingerprint density at radius 2 is 2.25 bits per heavy atom. The third kappa shape index (κ3) is 3.81. The summed E-state index contributed by atoms with van der Waals surface area (Å²) in [7, 11) is 0. The minimum Gasteiger partial charge on any atom is -0.477 e. The molecule has 0 radical (unpaired) electrons. The van der Waals surface area contributed by atoms with Gasteiger partial charge in [-0.05, 0) is 13.2 Å². The molecule has 0 heterocycles. The van der Waals surface area contributed by atoms with E-state index >= 15 is 0 Å². The molecule has 0 bridgehead atoms. The van der Waals surface area contributed by atoms with Crippen LogP contribution in [0.25, 0.3) is 0 Å². The van der Waals surface area contributed by atoms with Gasteiger partial charge >= 0.3 is 5.97 Å². The average molecular weight is 190 g/mol. The molecule has 0 aliphatic heterocycles. The van der Waals surface area contributed by atoms with E-state index in [0.29, 0.717) is 5.17 Å². The van der Waals surface area contributed by atoms with Crippen LogP contribution in [0.5, 0.6) is 0 Å². The molecule has 0 aromatic carbocycles. The first-order valence-corrected chi connectivity index (χ1v) is 4.19. The number of rotatable bonds is 2. The van der Waals surface area contributed by atoms with Gasteiger partial charge in [-0.3, -0.25) is 5.43 Å². The smallest absolute Gasteiger partial charge is 0.351 e. The van der Waals surface area contributed by atoms with Crippen molar-refractivity contribution in [3.63, 3.8) is 0 Å². The largest absolute Gasteiger partial charge is 0.477 e. The molecule has 0 aromatic heterocycles. The van der Waals surface area contributed by atoms with Crippen molar-refractivity contribution in [1.29, 1.82) is 0 Å². The van der Waals surface area contributed by atoms with E-state index in [2.05, 4.69) is 15.6 Å². The van der Waals surface area contributed by atoms with Gasteiger partial charge in [0.1, 0.15) is 5.71 Å². The summed E-state index contributed by atoms with van der Waals surface area (Å²) in [5.74, 6) is 3.85. The van der Waals surface area contributed by atoms with Crippen LogP contribution in [0, 0.1) is 0 Å². The van der Waals surface area contributed by atoms with Crippen molar-refractivity contribution in [2.45, 2.75) is 6.92 Å². The predicted molar refractivity (Wildman–Crippen MR) is 49.0 cm³/mol. The molecule has 6 nitrogen and oxygen atoms in total. The van der Waals surface area contributed by atoms with Crippen LogP contribution in [0.15, 0.2) is 10.2 Å². The number of thioether (sulfide) groups is 1. The normalized spacial score (nSPS) is 12.8. The van der Waals surface area contributed by atoms with Gasteiger partial charge < -0.3 is 10.9 Å². The summed E-state index contributed by atoms with van der Waals surface area (Å²) in [6.45, 7) is 1.36. The summed E-state index contributed by atoms with van der Waals surface area (Å²) in [5.41, 5.74) is 2.34. The van der Waals surface area contributed by atoms with Crippen molar-refractivity contribution in [1.82, 2.24) is 5.43 Å². The highest BCUT2D eigenvalue weighted by Gasteiger charge is 2.01. The molecule has 0 aliphatic carbocycles. The Labute approximate surface area is 73.9 Å². The van der Waals surface area contributed by atoms with E-state index in [9.17, 15) is 4.79 Å². The van der Waals surface area contributed by atoms with Crippen LogP contribution in [-0.2, 0) is 4.79 Å². The van der Waals surface area contributed by atoms with Crippen molar-refractivity contribution < 1.29 is 9.90 Å². The number of nitrogens with one attached hydrogen (secondary N) is 1. The monoisotopic (exact) mass is 190 g/mol. The summed E-state index contributed by atoms with van der Waals surface area (Å²) < 4.78 is 0. The summed E-state index contributed by atoms with van der Waals surface area (Å²) >= 11 is 1.24. The summed E-state index contributed by atoms with van der Waals surface area (Å²) in [6, 6.07) is 0. The standard InChI is InChI=1S/C5H10N4O2S/c1-3(4(10)11)8-9-5(7-6)12-2/h6H2,1-2H3,(H,7,9)(H,10,11)/b8-3+. The molecule has 12 heavy (non-hydrogen) atoms. The van der Waals surface area contributed by atoms with Crippen LogP contribution in [0.1, 0.15) is 6.92 Å².